The standard InChI is InChI=1S/C40H30N4S.C16H20GeN.Ir/c1-24(2)32-22-21-30-37-25(3)17-19-31(38(37)45-40(30)42-32)39-41-33-14-8-10-16-35(33)44(39)27-18-20-29-28-13-7-9-15-34(28)43(36(29)23-27)26-11-5-4-6-12-26;1-12-11-15(14-9-7-6-8-10-14)18-13(2)16(12)17(3,4)5;/h4-18,20-24,39H,1-3H3;6-9,11H,1-5H3;/q-2;-1;+3/i;1D3,2D3;. The summed E-state index contributed by atoms with van der Waals surface area (Å²) < 4.78 is 51.3. The molecule has 0 spiro atoms. The summed E-state index contributed by atoms with van der Waals surface area (Å²) in [6.07, 6.45) is -0.255. The molecule has 0 amide bonds. The largest absolute Gasteiger partial charge is 3.00 e. The normalized spacial score (nSPS) is 15.4. The summed E-state index contributed by atoms with van der Waals surface area (Å²) >= 11 is -1.05. The van der Waals surface area contributed by atoms with Gasteiger partial charge in [-0.2, -0.15) is 23.5 Å². The number of aromatic nitrogens is 3. The molecule has 8 heteroatoms. The summed E-state index contributed by atoms with van der Waals surface area (Å²) in [6.45, 7) is 1.73. The molecule has 10 aromatic rings. The van der Waals surface area contributed by atoms with Crippen LogP contribution in [0.1, 0.15) is 62.2 Å². The zero-order chi connectivity index (χ0) is 48.6. The Labute approximate surface area is 405 Å². The fourth-order valence-corrected chi connectivity index (χ4v) is 13.7. The van der Waals surface area contributed by atoms with Crippen molar-refractivity contribution in [2.45, 2.75) is 63.8 Å². The van der Waals surface area contributed by atoms with Gasteiger partial charge in [0.1, 0.15) is 4.83 Å². The van der Waals surface area contributed by atoms with Crippen molar-refractivity contribution in [2.75, 3.05) is 4.90 Å². The van der Waals surface area contributed by atoms with Gasteiger partial charge in [-0.05, 0) is 59.9 Å². The number of rotatable bonds is 6. The number of thiophene rings is 1. The fourth-order valence-electron chi connectivity index (χ4n) is 8.94. The van der Waals surface area contributed by atoms with E-state index in [0.717, 1.165) is 38.8 Å². The Bertz CT molecular complexity index is 3530. The van der Waals surface area contributed by atoms with E-state index in [0.29, 0.717) is 21.6 Å². The third-order valence-corrected chi connectivity index (χ3v) is 17.2. The average Bonchev–Trinajstić information content (AvgIpc) is 4.01. The van der Waals surface area contributed by atoms with Crippen LogP contribution in [0.3, 0.4) is 0 Å². The van der Waals surface area contributed by atoms with Crippen LogP contribution in [0.25, 0.3) is 64.4 Å². The van der Waals surface area contributed by atoms with E-state index in [-0.39, 0.29) is 37.5 Å². The van der Waals surface area contributed by atoms with Crippen LogP contribution in [0.4, 0.5) is 17.1 Å². The molecule has 1 aliphatic rings. The Morgan fingerprint density at radius 3 is 2.25 bits per heavy atom. The van der Waals surface area contributed by atoms with Crippen LogP contribution in [-0.4, -0.2) is 27.8 Å². The molecular formula is C56H50GeIrN5S. The number of hydrogen-bond donors (Lipinski definition) is 0. The molecule has 0 N–H and O–H groups in total. The Morgan fingerprint density at radius 1 is 0.734 bits per heavy atom. The van der Waals surface area contributed by atoms with Crippen LogP contribution in [0.2, 0.25) is 17.3 Å². The van der Waals surface area contributed by atoms with E-state index < -0.39 is 27.0 Å². The predicted molar refractivity (Wildman–Crippen MR) is 271 cm³/mol. The summed E-state index contributed by atoms with van der Waals surface area (Å²) in [6, 6.07) is 56.4. The average molecular weight is 1100 g/mol. The van der Waals surface area contributed by atoms with Gasteiger partial charge in [0.15, 0.2) is 0 Å². The van der Waals surface area contributed by atoms with Gasteiger partial charge in [-0.1, -0.05) is 92.2 Å². The summed E-state index contributed by atoms with van der Waals surface area (Å²) in [5.41, 5.74) is 11.1. The van der Waals surface area contributed by atoms with Crippen molar-refractivity contribution in [3.8, 4) is 16.9 Å². The first kappa shape index (κ1) is 36.7. The van der Waals surface area contributed by atoms with Crippen molar-refractivity contribution >= 4 is 88.2 Å². The van der Waals surface area contributed by atoms with Gasteiger partial charge in [-0.3, -0.25) is 0 Å². The van der Waals surface area contributed by atoms with Crippen molar-refractivity contribution in [2.24, 2.45) is 0 Å². The second kappa shape index (κ2) is 17.4. The maximum absolute atomic E-state index is 7.90. The van der Waals surface area contributed by atoms with Crippen molar-refractivity contribution < 1.29 is 28.3 Å². The molecule has 0 fully saturated rings. The SMILES string of the molecule is Cc1c[c-]c(C2[N-]c3ccccc3N2c2ccc3c4ccccc4n(-c4ccccc4)c3c2)c2sc3nc(C(C)C)ccc3c12.[2H]C([2H])([2H])c1cc(-c2[c-]cccc2)nc(C([2H])([2H])[2H])[c]1[Ge]([CH3])([CH3])[CH3].[Ir+3]. The molecule has 6 aromatic carbocycles. The van der Waals surface area contributed by atoms with Crippen molar-refractivity contribution in [1.29, 1.82) is 0 Å². The molecule has 0 radical (unpaired) electrons. The molecule has 318 valence electrons. The molecule has 4 aromatic heterocycles. The molecule has 0 saturated heterocycles. The molecule has 0 saturated carbocycles. The topological polar surface area (TPSA) is 48.1 Å². The van der Waals surface area contributed by atoms with Gasteiger partial charge in [0.2, 0.25) is 0 Å². The maximum atomic E-state index is 7.90. The molecule has 1 aliphatic heterocycles. The number of benzene rings is 6. The van der Waals surface area contributed by atoms with Gasteiger partial charge in [0.25, 0.3) is 0 Å². The van der Waals surface area contributed by atoms with E-state index in [4.69, 9.17) is 18.5 Å². The van der Waals surface area contributed by atoms with E-state index >= 15 is 0 Å². The first-order valence-corrected chi connectivity index (χ1v) is 29.5. The summed E-state index contributed by atoms with van der Waals surface area (Å²) in [5, 5.41) is 10.3. The fraction of sp³-hybridized carbons (Fsp3) is 0.179. The number of aryl methyl sites for hydroxylation is 3. The molecule has 5 nitrogen and oxygen atoms in total. The predicted octanol–water partition coefficient (Wildman–Crippen LogP) is 15.3. The molecule has 64 heavy (non-hydrogen) atoms. The van der Waals surface area contributed by atoms with Crippen LogP contribution in [-0.2, 0) is 20.1 Å². The van der Waals surface area contributed by atoms with E-state index in [1.807, 2.05) is 17.3 Å². The molecule has 5 heterocycles. The van der Waals surface area contributed by atoms with Crippen molar-refractivity contribution in [3.05, 3.63) is 191 Å². The monoisotopic (exact) mass is 1100 g/mol. The Hall–Kier alpha value is -5.57. The van der Waals surface area contributed by atoms with Gasteiger partial charge in [0.05, 0.1) is 11.0 Å². The zero-order valence-electron chi connectivity index (χ0n) is 42.5. The number of nitrogens with zero attached hydrogens (tertiary/aromatic N) is 5. The minimum absolute atomic E-state index is 0. The number of anilines is 2. The van der Waals surface area contributed by atoms with E-state index in [1.165, 1.54) is 48.9 Å². The zero-order valence-corrected chi connectivity index (χ0v) is 41.8. The number of pyridine rings is 2. The molecule has 1 unspecified atom stereocenters. The van der Waals surface area contributed by atoms with Gasteiger partial charge in [-0.25, -0.2) is 4.98 Å². The van der Waals surface area contributed by atoms with Crippen LogP contribution < -0.4 is 9.30 Å². The smallest absolute Gasteiger partial charge is 3.00 e. The van der Waals surface area contributed by atoms with Crippen LogP contribution >= 0.6 is 11.3 Å². The van der Waals surface area contributed by atoms with E-state index in [2.05, 4.69) is 163 Å². The quantitative estimate of drug-likeness (QED) is 0.123. The molecule has 0 bridgehead atoms. The molecular weight excluding hydrogens is 1040 g/mol. The Kier molecular flexibility index (Phi) is 10.0. The minimum atomic E-state index is -2.82. The van der Waals surface area contributed by atoms with Crippen LogP contribution in [0, 0.1) is 32.8 Å². The van der Waals surface area contributed by atoms with Gasteiger partial charge in [-0.15, -0.1) is 22.2 Å². The second-order valence-corrected chi connectivity index (χ2v) is 29.0. The Balaban J connectivity index is 0.000000208. The number of para-hydroxylation sites is 4. The van der Waals surface area contributed by atoms with Crippen LogP contribution in [0.5, 0.6) is 0 Å². The summed E-state index contributed by atoms with van der Waals surface area (Å²) in [5.74, 6) is 6.32. The second-order valence-electron chi connectivity index (χ2n) is 17.5. The number of fused-ring (bicyclic) bond motifs is 7. The van der Waals surface area contributed by atoms with E-state index in [1.54, 1.807) is 35.6 Å². The molecule has 11 rings (SSSR count). The van der Waals surface area contributed by atoms with E-state index in [9.17, 15) is 0 Å². The first-order chi connectivity index (χ1) is 32.9. The van der Waals surface area contributed by atoms with Gasteiger partial charge >= 0.3 is 141 Å². The summed E-state index contributed by atoms with van der Waals surface area (Å²) in [7, 11) is 0. The third-order valence-electron chi connectivity index (χ3n) is 11.9. The summed E-state index contributed by atoms with van der Waals surface area (Å²) in [4.78, 5) is 12.9. The van der Waals surface area contributed by atoms with Gasteiger partial charge in [0, 0.05) is 33.5 Å². The van der Waals surface area contributed by atoms with Gasteiger partial charge < -0.3 is 14.8 Å². The first-order valence-electron chi connectivity index (χ1n) is 24.3. The molecule has 1 atom stereocenters. The molecule has 0 aliphatic carbocycles. The maximum Gasteiger partial charge on any atom is 3.00 e. The number of hydrogen-bond acceptors (Lipinski definition) is 4. The Morgan fingerprint density at radius 2 is 1.48 bits per heavy atom. The third kappa shape index (κ3) is 7.77. The van der Waals surface area contributed by atoms with Crippen molar-refractivity contribution in [1.82, 2.24) is 14.5 Å². The minimum Gasteiger partial charge on any atom is 3.00 e. The van der Waals surface area contributed by atoms with Crippen LogP contribution in [0.15, 0.2) is 146 Å². The van der Waals surface area contributed by atoms with Crippen molar-refractivity contribution in [3.63, 3.8) is 0 Å².